The number of halogens is 3. The van der Waals surface area contributed by atoms with Crippen molar-refractivity contribution >= 4 is 11.6 Å². The van der Waals surface area contributed by atoms with Crippen LogP contribution in [0.2, 0.25) is 0 Å². The van der Waals surface area contributed by atoms with Crippen molar-refractivity contribution in [1.29, 1.82) is 0 Å². The zero-order chi connectivity index (χ0) is 15.7. The molecule has 4 nitrogen and oxygen atoms in total. The van der Waals surface area contributed by atoms with E-state index in [-0.39, 0.29) is 11.7 Å². The molecule has 0 aliphatic heterocycles. The van der Waals surface area contributed by atoms with Crippen LogP contribution in [0.4, 0.5) is 18.9 Å². The molecule has 0 radical (unpaired) electrons. The SMILES string of the molecule is CCCCCCN=C(N)Nc1ccc(OC(F)(F)F)cc1. The number of rotatable bonds is 7. The van der Waals surface area contributed by atoms with Crippen LogP contribution in [0.15, 0.2) is 29.3 Å². The Hall–Kier alpha value is -1.92. The third-order valence-corrected chi connectivity index (χ3v) is 2.65. The number of ether oxygens (including phenoxy) is 1. The summed E-state index contributed by atoms with van der Waals surface area (Å²) in [6.45, 7) is 2.76. The molecule has 1 aromatic rings. The number of aliphatic imine (C=N–C) groups is 1. The first-order chi connectivity index (χ1) is 9.90. The lowest BCUT2D eigenvalue weighted by atomic mass is 10.2. The monoisotopic (exact) mass is 303 g/mol. The minimum atomic E-state index is -4.69. The summed E-state index contributed by atoms with van der Waals surface area (Å²) >= 11 is 0. The number of nitrogens with one attached hydrogen (secondary N) is 1. The van der Waals surface area contributed by atoms with Gasteiger partial charge in [0.15, 0.2) is 5.96 Å². The summed E-state index contributed by atoms with van der Waals surface area (Å²) in [5, 5.41) is 2.81. The first-order valence-electron chi connectivity index (χ1n) is 6.83. The topological polar surface area (TPSA) is 59.6 Å². The number of anilines is 1. The van der Waals surface area contributed by atoms with Crippen LogP contribution in [0, 0.1) is 0 Å². The lowest BCUT2D eigenvalue weighted by Gasteiger charge is -2.10. The van der Waals surface area contributed by atoms with E-state index in [2.05, 4.69) is 22.0 Å². The average Bonchev–Trinajstić information content (AvgIpc) is 2.39. The number of alkyl halides is 3. The Kier molecular flexibility index (Phi) is 6.84. The summed E-state index contributed by atoms with van der Waals surface area (Å²) in [5.74, 6) is -0.0286. The third kappa shape index (κ3) is 8.06. The number of nitrogens with zero attached hydrogens (tertiary/aromatic N) is 1. The van der Waals surface area contributed by atoms with Gasteiger partial charge in [0.2, 0.25) is 0 Å². The normalized spacial score (nSPS) is 12.3. The van der Waals surface area contributed by atoms with Gasteiger partial charge in [0.25, 0.3) is 0 Å². The number of benzene rings is 1. The number of nitrogens with two attached hydrogens (primary N) is 1. The van der Waals surface area contributed by atoms with Gasteiger partial charge in [-0.2, -0.15) is 0 Å². The Morgan fingerprint density at radius 2 is 1.86 bits per heavy atom. The fraction of sp³-hybridized carbons (Fsp3) is 0.500. The highest BCUT2D eigenvalue weighted by Gasteiger charge is 2.30. The minimum absolute atomic E-state index is 0.246. The maximum absolute atomic E-state index is 12.0. The van der Waals surface area contributed by atoms with Crippen molar-refractivity contribution < 1.29 is 17.9 Å². The lowest BCUT2D eigenvalue weighted by Crippen LogP contribution is -2.23. The first-order valence-corrected chi connectivity index (χ1v) is 6.83. The summed E-state index contributed by atoms with van der Waals surface area (Å²) in [6, 6.07) is 5.32. The van der Waals surface area contributed by atoms with Crippen molar-refractivity contribution in [1.82, 2.24) is 0 Å². The molecule has 0 spiro atoms. The summed E-state index contributed by atoms with van der Waals surface area (Å²) < 4.78 is 39.8. The second kappa shape index (κ2) is 8.39. The van der Waals surface area contributed by atoms with Crippen LogP contribution < -0.4 is 15.8 Å². The molecular formula is C14H20F3N3O. The van der Waals surface area contributed by atoms with Gasteiger partial charge in [-0.05, 0) is 30.7 Å². The maximum Gasteiger partial charge on any atom is 0.573 e. The van der Waals surface area contributed by atoms with E-state index >= 15 is 0 Å². The lowest BCUT2D eigenvalue weighted by molar-refractivity contribution is -0.274. The van der Waals surface area contributed by atoms with E-state index in [1.165, 1.54) is 30.7 Å². The van der Waals surface area contributed by atoms with E-state index in [9.17, 15) is 13.2 Å². The number of guanidine groups is 1. The molecule has 1 rings (SSSR count). The van der Waals surface area contributed by atoms with Crippen molar-refractivity contribution in [3.63, 3.8) is 0 Å². The van der Waals surface area contributed by atoms with Gasteiger partial charge in [-0.15, -0.1) is 13.2 Å². The molecule has 0 aliphatic carbocycles. The molecule has 21 heavy (non-hydrogen) atoms. The number of hydrogen-bond donors (Lipinski definition) is 2. The quantitative estimate of drug-likeness (QED) is 0.456. The molecule has 7 heteroatoms. The van der Waals surface area contributed by atoms with Gasteiger partial charge in [-0.25, -0.2) is 0 Å². The summed E-state index contributed by atoms with van der Waals surface area (Å²) in [6.07, 6.45) is -0.285. The fourth-order valence-electron chi connectivity index (χ4n) is 1.67. The van der Waals surface area contributed by atoms with Crippen LogP contribution in [0.3, 0.4) is 0 Å². The van der Waals surface area contributed by atoms with Crippen molar-refractivity contribution in [3.05, 3.63) is 24.3 Å². The van der Waals surface area contributed by atoms with Gasteiger partial charge in [-0.1, -0.05) is 26.2 Å². The minimum Gasteiger partial charge on any atom is -0.406 e. The molecule has 0 saturated heterocycles. The second-order valence-electron chi connectivity index (χ2n) is 4.52. The van der Waals surface area contributed by atoms with Crippen LogP contribution in [0.5, 0.6) is 5.75 Å². The van der Waals surface area contributed by atoms with E-state index < -0.39 is 6.36 Å². The van der Waals surface area contributed by atoms with Crippen molar-refractivity contribution in [2.75, 3.05) is 11.9 Å². The Morgan fingerprint density at radius 3 is 2.43 bits per heavy atom. The van der Waals surface area contributed by atoms with Crippen LogP contribution in [0.25, 0.3) is 0 Å². The van der Waals surface area contributed by atoms with Crippen LogP contribution in [-0.2, 0) is 0 Å². The smallest absolute Gasteiger partial charge is 0.406 e. The van der Waals surface area contributed by atoms with Gasteiger partial charge in [-0.3, -0.25) is 4.99 Å². The number of unbranched alkanes of at least 4 members (excludes halogenated alkanes) is 3. The molecule has 0 heterocycles. The molecule has 0 aromatic heterocycles. The predicted molar refractivity (Wildman–Crippen MR) is 77.4 cm³/mol. The zero-order valence-corrected chi connectivity index (χ0v) is 11.9. The van der Waals surface area contributed by atoms with E-state index in [4.69, 9.17) is 5.73 Å². The van der Waals surface area contributed by atoms with Crippen molar-refractivity contribution in [2.24, 2.45) is 10.7 Å². The van der Waals surface area contributed by atoms with Gasteiger partial charge in [0.1, 0.15) is 5.75 Å². The van der Waals surface area contributed by atoms with Crippen molar-refractivity contribution in [3.8, 4) is 5.75 Å². The van der Waals surface area contributed by atoms with E-state index in [0.29, 0.717) is 12.2 Å². The van der Waals surface area contributed by atoms with E-state index in [0.717, 1.165) is 19.3 Å². The Bertz CT molecular complexity index is 444. The summed E-state index contributed by atoms with van der Waals surface area (Å²) in [5.41, 5.74) is 6.24. The molecule has 3 N–H and O–H groups in total. The molecule has 1 aromatic carbocycles. The molecular weight excluding hydrogens is 283 g/mol. The first kappa shape index (κ1) is 17.1. The Morgan fingerprint density at radius 1 is 1.19 bits per heavy atom. The molecule has 0 aliphatic rings. The van der Waals surface area contributed by atoms with Crippen LogP contribution >= 0.6 is 0 Å². The van der Waals surface area contributed by atoms with Crippen LogP contribution in [-0.4, -0.2) is 18.9 Å². The van der Waals surface area contributed by atoms with Crippen molar-refractivity contribution in [2.45, 2.75) is 39.0 Å². The van der Waals surface area contributed by atoms with Crippen LogP contribution in [0.1, 0.15) is 32.6 Å². The molecule has 0 saturated carbocycles. The molecule has 0 unspecified atom stereocenters. The largest absolute Gasteiger partial charge is 0.573 e. The molecule has 0 fully saturated rings. The second-order valence-corrected chi connectivity index (χ2v) is 4.52. The fourth-order valence-corrected chi connectivity index (χ4v) is 1.67. The maximum atomic E-state index is 12.0. The Labute approximate surface area is 122 Å². The average molecular weight is 303 g/mol. The van der Waals surface area contributed by atoms with Gasteiger partial charge >= 0.3 is 6.36 Å². The number of hydrogen-bond acceptors (Lipinski definition) is 2. The molecule has 0 bridgehead atoms. The standard InChI is InChI=1S/C14H20F3N3O/c1-2-3-4-5-10-19-13(18)20-11-6-8-12(9-7-11)21-14(15,16)17/h6-9H,2-5,10H2,1H3,(H3,18,19,20). The van der Waals surface area contributed by atoms with Gasteiger partial charge < -0.3 is 15.8 Å². The van der Waals surface area contributed by atoms with Gasteiger partial charge in [0.05, 0.1) is 0 Å². The van der Waals surface area contributed by atoms with E-state index in [1.54, 1.807) is 0 Å². The highest BCUT2D eigenvalue weighted by atomic mass is 19.4. The van der Waals surface area contributed by atoms with E-state index in [1.807, 2.05) is 0 Å². The summed E-state index contributed by atoms with van der Waals surface area (Å²) in [7, 11) is 0. The predicted octanol–water partition coefficient (Wildman–Crippen LogP) is 3.89. The third-order valence-electron chi connectivity index (χ3n) is 2.65. The summed E-state index contributed by atoms with van der Waals surface area (Å²) in [4.78, 5) is 4.15. The highest BCUT2D eigenvalue weighted by Crippen LogP contribution is 2.23. The molecule has 0 amide bonds. The van der Waals surface area contributed by atoms with Gasteiger partial charge in [0, 0.05) is 12.2 Å². The zero-order valence-electron chi connectivity index (χ0n) is 11.9. The molecule has 0 atom stereocenters. The Balaban J connectivity index is 2.42. The molecule has 118 valence electrons. The highest BCUT2D eigenvalue weighted by molar-refractivity contribution is 5.92.